The van der Waals surface area contributed by atoms with Crippen molar-refractivity contribution < 1.29 is 5.11 Å². The molecule has 1 rings (SSSR count). The maximum atomic E-state index is 9.35. The summed E-state index contributed by atoms with van der Waals surface area (Å²) in [4.78, 5) is 2.44. The average Bonchev–Trinajstić information content (AvgIpc) is 2.50. The highest BCUT2D eigenvalue weighted by atomic mass is 16.3. The zero-order valence-corrected chi connectivity index (χ0v) is 14.0. The van der Waals surface area contributed by atoms with Gasteiger partial charge in [-0.25, -0.2) is 0 Å². The van der Waals surface area contributed by atoms with Gasteiger partial charge in [0.1, 0.15) is 0 Å². The number of aliphatic hydroxyl groups is 1. The standard InChI is InChI=1S/C18H32N2O/c1-5-17(6-2)20(12-13-21)14-15(3)18(19-4)16-10-8-7-9-11-16/h7-11,15,17-19,21H,5-6,12-14H2,1-4H3. The van der Waals surface area contributed by atoms with Crippen LogP contribution in [0.15, 0.2) is 30.3 Å². The average molecular weight is 292 g/mol. The van der Waals surface area contributed by atoms with Crippen molar-refractivity contribution in [2.75, 3.05) is 26.7 Å². The molecule has 2 N–H and O–H groups in total. The molecule has 1 aromatic rings. The molecule has 3 nitrogen and oxygen atoms in total. The monoisotopic (exact) mass is 292 g/mol. The van der Waals surface area contributed by atoms with Crippen molar-refractivity contribution in [2.24, 2.45) is 5.92 Å². The Morgan fingerprint density at radius 2 is 1.76 bits per heavy atom. The van der Waals surface area contributed by atoms with E-state index in [1.165, 1.54) is 5.56 Å². The first-order valence-electron chi connectivity index (χ1n) is 8.24. The van der Waals surface area contributed by atoms with Gasteiger partial charge in [-0.05, 0) is 31.4 Å². The molecule has 0 radical (unpaired) electrons. The Kier molecular flexibility index (Phi) is 8.58. The lowest BCUT2D eigenvalue weighted by Gasteiger charge is -2.35. The summed E-state index contributed by atoms with van der Waals surface area (Å²) in [5, 5.41) is 12.8. The maximum absolute atomic E-state index is 9.35. The SMILES string of the molecule is CCC(CC)N(CCO)CC(C)C(NC)c1ccccc1. The zero-order chi connectivity index (χ0) is 15.7. The van der Waals surface area contributed by atoms with Crippen LogP contribution < -0.4 is 5.32 Å². The van der Waals surface area contributed by atoms with E-state index in [9.17, 15) is 5.11 Å². The fourth-order valence-corrected chi connectivity index (χ4v) is 3.27. The number of nitrogens with one attached hydrogen (secondary N) is 1. The van der Waals surface area contributed by atoms with E-state index in [0.717, 1.165) is 25.9 Å². The van der Waals surface area contributed by atoms with Crippen LogP contribution in [-0.2, 0) is 0 Å². The number of nitrogens with zero attached hydrogens (tertiary/aromatic N) is 1. The fraction of sp³-hybridized carbons (Fsp3) is 0.667. The summed E-state index contributed by atoms with van der Waals surface area (Å²) in [5.41, 5.74) is 1.33. The van der Waals surface area contributed by atoms with Gasteiger partial charge in [-0.1, -0.05) is 51.1 Å². The number of hydrogen-bond donors (Lipinski definition) is 2. The van der Waals surface area contributed by atoms with Gasteiger partial charge < -0.3 is 10.4 Å². The van der Waals surface area contributed by atoms with Crippen LogP contribution in [0.1, 0.15) is 45.2 Å². The second-order valence-corrected chi connectivity index (χ2v) is 5.84. The molecule has 0 heterocycles. The molecule has 0 aliphatic carbocycles. The van der Waals surface area contributed by atoms with Crippen LogP contribution in [-0.4, -0.2) is 42.8 Å². The van der Waals surface area contributed by atoms with Crippen LogP contribution in [0.3, 0.4) is 0 Å². The van der Waals surface area contributed by atoms with Gasteiger partial charge in [-0.15, -0.1) is 0 Å². The molecule has 0 spiro atoms. The third kappa shape index (κ3) is 5.42. The van der Waals surface area contributed by atoms with Crippen LogP contribution in [0.25, 0.3) is 0 Å². The van der Waals surface area contributed by atoms with Gasteiger partial charge in [0.25, 0.3) is 0 Å². The molecule has 0 saturated heterocycles. The zero-order valence-electron chi connectivity index (χ0n) is 14.0. The molecule has 120 valence electrons. The molecule has 0 saturated carbocycles. The highest BCUT2D eigenvalue weighted by Gasteiger charge is 2.23. The molecule has 2 unspecified atom stereocenters. The Bertz CT molecular complexity index is 365. The maximum Gasteiger partial charge on any atom is 0.0558 e. The van der Waals surface area contributed by atoms with E-state index in [4.69, 9.17) is 0 Å². The van der Waals surface area contributed by atoms with E-state index in [2.05, 4.69) is 61.3 Å². The number of benzene rings is 1. The second kappa shape index (κ2) is 9.93. The Balaban J connectivity index is 2.76. The molecule has 3 heteroatoms. The normalized spacial score (nSPS) is 14.6. The first-order valence-corrected chi connectivity index (χ1v) is 8.24. The lowest BCUT2D eigenvalue weighted by molar-refractivity contribution is 0.118. The van der Waals surface area contributed by atoms with E-state index in [1.807, 2.05) is 7.05 Å². The molecule has 2 atom stereocenters. The van der Waals surface area contributed by atoms with Gasteiger partial charge in [0, 0.05) is 25.2 Å². The Labute approximate surface area is 130 Å². The summed E-state index contributed by atoms with van der Waals surface area (Å²) in [6.45, 7) is 8.76. The first-order chi connectivity index (χ1) is 10.2. The molecule has 0 amide bonds. The summed E-state index contributed by atoms with van der Waals surface area (Å²) >= 11 is 0. The van der Waals surface area contributed by atoms with Gasteiger partial charge in [0.15, 0.2) is 0 Å². The lowest BCUT2D eigenvalue weighted by Crippen LogP contribution is -2.42. The number of aliphatic hydroxyl groups excluding tert-OH is 1. The Hall–Kier alpha value is -0.900. The molecule has 1 aromatic carbocycles. The lowest BCUT2D eigenvalue weighted by atomic mass is 9.93. The number of hydrogen-bond acceptors (Lipinski definition) is 3. The molecule has 0 aliphatic rings. The largest absolute Gasteiger partial charge is 0.395 e. The Morgan fingerprint density at radius 1 is 1.14 bits per heavy atom. The van der Waals surface area contributed by atoms with Gasteiger partial charge in [0.2, 0.25) is 0 Å². The highest BCUT2D eigenvalue weighted by molar-refractivity contribution is 5.19. The van der Waals surface area contributed by atoms with E-state index in [1.54, 1.807) is 0 Å². The minimum atomic E-state index is 0.235. The van der Waals surface area contributed by atoms with Gasteiger partial charge in [-0.2, -0.15) is 0 Å². The summed E-state index contributed by atoms with van der Waals surface area (Å²) in [6, 6.07) is 11.5. The molecule has 0 bridgehead atoms. The fourth-order valence-electron chi connectivity index (χ4n) is 3.27. The quantitative estimate of drug-likeness (QED) is 0.696. The van der Waals surface area contributed by atoms with Crippen molar-refractivity contribution in [3.63, 3.8) is 0 Å². The van der Waals surface area contributed by atoms with Crippen LogP contribution in [0.2, 0.25) is 0 Å². The van der Waals surface area contributed by atoms with E-state index in [0.29, 0.717) is 18.0 Å². The van der Waals surface area contributed by atoms with Crippen molar-refractivity contribution in [1.29, 1.82) is 0 Å². The Morgan fingerprint density at radius 3 is 2.24 bits per heavy atom. The summed E-state index contributed by atoms with van der Waals surface area (Å²) in [5.74, 6) is 0.490. The summed E-state index contributed by atoms with van der Waals surface area (Å²) < 4.78 is 0. The third-order valence-corrected chi connectivity index (χ3v) is 4.41. The second-order valence-electron chi connectivity index (χ2n) is 5.84. The van der Waals surface area contributed by atoms with Crippen molar-refractivity contribution in [3.05, 3.63) is 35.9 Å². The van der Waals surface area contributed by atoms with Gasteiger partial charge >= 0.3 is 0 Å². The van der Waals surface area contributed by atoms with Crippen molar-refractivity contribution in [2.45, 2.75) is 45.7 Å². The van der Waals surface area contributed by atoms with E-state index >= 15 is 0 Å². The molecule has 0 aliphatic heterocycles. The predicted molar refractivity (Wildman–Crippen MR) is 90.4 cm³/mol. The van der Waals surface area contributed by atoms with Crippen molar-refractivity contribution >= 4 is 0 Å². The van der Waals surface area contributed by atoms with Gasteiger partial charge in [-0.3, -0.25) is 4.90 Å². The van der Waals surface area contributed by atoms with Crippen molar-refractivity contribution in [3.8, 4) is 0 Å². The van der Waals surface area contributed by atoms with E-state index in [-0.39, 0.29) is 6.61 Å². The summed E-state index contributed by atoms with van der Waals surface area (Å²) in [6.07, 6.45) is 2.28. The van der Waals surface area contributed by atoms with Crippen LogP contribution in [0.5, 0.6) is 0 Å². The molecule has 0 aromatic heterocycles. The molecular formula is C18H32N2O. The highest BCUT2D eigenvalue weighted by Crippen LogP contribution is 2.23. The first kappa shape index (κ1) is 18.1. The van der Waals surface area contributed by atoms with E-state index < -0.39 is 0 Å². The predicted octanol–water partition coefficient (Wildman–Crippen LogP) is 3.07. The van der Waals surface area contributed by atoms with Crippen LogP contribution in [0.4, 0.5) is 0 Å². The number of rotatable bonds is 10. The smallest absolute Gasteiger partial charge is 0.0558 e. The molecular weight excluding hydrogens is 260 g/mol. The van der Waals surface area contributed by atoms with Crippen molar-refractivity contribution in [1.82, 2.24) is 10.2 Å². The third-order valence-electron chi connectivity index (χ3n) is 4.41. The summed E-state index contributed by atoms with van der Waals surface area (Å²) in [7, 11) is 2.03. The van der Waals surface area contributed by atoms with Crippen LogP contribution >= 0.6 is 0 Å². The van der Waals surface area contributed by atoms with Gasteiger partial charge in [0.05, 0.1) is 6.61 Å². The minimum absolute atomic E-state index is 0.235. The topological polar surface area (TPSA) is 35.5 Å². The molecule has 0 fully saturated rings. The molecule has 21 heavy (non-hydrogen) atoms. The minimum Gasteiger partial charge on any atom is -0.395 e. The van der Waals surface area contributed by atoms with Crippen LogP contribution in [0, 0.1) is 5.92 Å².